The largest absolute Gasteiger partial charge is 0.336 e. The summed E-state index contributed by atoms with van der Waals surface area (Å²) in [5.41, 5.74) is 0.399. The smallest absolute Gasteiger partial charge is 0.328 e. The van der Waals surface area contributed by atoms with Crippen LogP contribution in [0.25, 0.3) is 0 Å². The van der Waals surface area contributed by atoms with Crippen molar-refractivity contribution in [3.63, 3.8) is 0 Å². The third-order valence-corrected chi connectivity index (χ3v) is 5.74. The summed E-state index contributed by atoms with van der Waals surface area (Å²) < 4.78 is 3.00. The quantitative estimate of drug-likeness (QED) is 0.516. The van der Waals surface area contributed by atoms with E-state index in [1.807, 2.05) is 13.0 Å². The van der Waals surface area contributed by atoms with E-state index in [0.717, 1.165) is 44.4 Å². The molecule has 9 heteroatoms. The van der Waals surface area contributed by atoms with Crippen LogP contribution in [-0.2, 0) is 9.59 Å². The molecular formula is C17H25N5O3S. The normalized spacial score (nSPS) is 24.0. The lowest BCUT2D eigenvalue weighted by Gasteiger charge is -2.34. The number of unbranched alkanes of at least 4 members (excludes halogenated alkanes) is 1. The molecule has 0 aromatic heterocycles. The van der Waals surface area contributed by atoms with Gasteiger partial charge in [0.05, 0.1) is 5.70 Å². The average molecular weight is 379 g/mol. The SMILES string of the molecule is C=CCN1CCN(C(=O)C2=C3NC(=O)N(CCCC)C(=O)C3NS2)CC1. The Balaban J connectivity index is 1.70. The molecule has 0 saturated carbocycles. The van der Waals surface area contributed by atoms with Crippen LogP contribution in [0.5, 0.6) is 0 Å². The predicted octanol–water partition coefficient (Wildman–Crippen LogP) is 0.500. The minimum atomic E-state index is -0.657. The Morgan fingerprint density at radius 1 is 1.31 bits per heavy atom. The predicted molar refractivity (Wildman–Crippen MR) is 99.9 cm³/mol. The number of carbonyl (C=O) groups excluding carboxylic acids is 3. The number of nitrogens with zero attached hydrogens (tertiary/aromatic N) is 3. The highest BCUT2D eigenvalue weighted by molar-refractivity contribution is 8.02. The van der Waals surface area contributed by atoms with Gasteiger partial charge in [-0.2, -0.15) is 0 Å². The molecule has 0 aliphatic carbocycles. The van der Waals surface area contributed by atoms with Crippen molar-refractivity contribution < 1.29 is 14.4 Å². The van der Waals surface area contributed by atoms with Gasteiger partial charge in [0, 0.05) is 39.3 Å². The number of rotatable bonds is 6. The number of fused-ring (bicyclic) bond motifs is 1. The summed E-state index contributed by atoms with van der Waals surface area (Å²) in [6.07, 6.45) is 3.52. The van der Waals surface area contributed by atoms with E-state index >= 15 is 0 Å². The Morgan fingerprint density at radius 3 is 2.69 bits per heavy atom. The van der Waals surface area contributed by atoms with Crippen molar-refractivity contribution in [2.24, 2.45) is 0 Å². The zero-order valence-electron chi connectivity index (χ0n) is 15.0. The molecule has 8 nitrogen and oxygen atoms in total. The van der Waals surface area contributed by atoms with E-state index in [1.54, 1.807) is 4.90 Å². The third kappa shape index (κ3) is 3.65. The number of hydrogen-bond donors (Lipinski definition) is 2. The lowest BCUT2D eigenvalue weighted by molar-refractivity contribution is -0.130. The van der Waals surface area contributed by atoms with Gasteiger partial charge >= 0.3 is 6.03 Å². The van der Waals surface area contributed by atoms with Gasteiger partial charge in [-0.3, -0.25) is 19.4 Å². The first-order valence-electron chi connectivity index (χ1n) is 8.98. The fourth-order valence-electron chi connectivity index (χ4n) is 3.25. The van der Waals surface area contributed by atoms with Crippen LogP contribution in [0.15, 0.2) is 23.3 Å². The maximum atomic E-state index is 12.9. The molecule has 26 heavy (non-hydrogen) atoms. The van der Waals surface area contributed by atoms with Crippen LogP contribution in [-0.4, -0.2) is 77.9 Å². The number of carbonyl (C=O) groups is 3. The van der Waals surface area contributed by atoms with E-state index in [9.17, 15) is 14.4 Å². The minimum absolute atomic E-state index is 0.131. The lowest BCUT2D eigenvalue weighted by Crippen LogP contribution is -2.58. The van der Waals surface area contributed by atoms with E-state index in [4.69, 9.17) is 0 Å². The van der Waals surface area contributed by atoms with E-state index < -0.39 is 12.1 Å². The molecule has 0 spiro atoms. The Hall–Kier alpha value is -1.84. The highest BCUT2D eigenvalue weighted by Gasteiger charge is 2.44. The number of hydrogen-bond acceptors (Lipinski definition) is 6. The molecule has 0 aromatic carbocycles. The Labute approximate surface area is 157 Å². The maximum absolute atomic E-state index is 12.9. The van der Waals surface area contributed by atoms with Gasteiger partial charge in [0.15, 0.2) is 0 Å². The molecule has 0 bridgehead atoms. The van der Waals surface area contributed by atoms with Crippen LogP contribution >= 0.6 is 11.9 Å². The molecule has 142 valence electrons. The second-order valence-corrected chi connectivity index (χ2v) is 7.40. The van der Waals surface area contributed by atoms with Crippen LogP contribution in [0.4, 0.5) is 4.79 Å². The first kappa shape index (κ1) is 18.9. The van der Waals surface area contributed by atoms with E-state index in [2.05, 4.69) is 21.5 Å². The van der Waals surface area contributed by atoms with Gasteiger partial charge in [-0.1, -0.05) is 19.4 Å². The zero-order chi connectivity index (χ0) is 18.7. The van der Waals surface area contributed by atoms with Crippen LogP contribution in [0, 0.1) is 0 Å². The topological polar surface area (TPSA) is 85.0 Å². The summed E-state index contributed by atoms with van der Waals surface area (Å²) >= 11 is 1.14. The first-order chi connectivity index (χ1) is 12.6. The molecule has 1 unspecified atom stereocenters. The third-order valence-electron chi connectivity index (χ3n) is 4.79. The molecule has 1 atom stereocenters. The number of piperazine rings is 1. The first-order valence-corrected chi connectivity index (χ1v) is 9.79. The van der Waals surface area contributed by atoms with E-state index in [0.29, 0.717) is 30.2 Å². The Morgan fingerprint density at radius 2 is 2.04 bits per heavy atom. The Kier molecular flexibility index (Phi) is 6.00. The standard InChI is InChI=1S/C17H25N5O3S/c1-3-5-7-22-15(23)13-12(18-17(22)25)14(26-19-13)16(24)21-10-8-20(6-4-2)9-11-21/h4,13,19H,2-3,5-11H2,1H3,(H,18,25). The Bertz CT molecular complexity index is 642. The lowest BCUT2D eigenvalue weighted by atomic mass is 10.1. The second-order valence-electron chi connectivity index (χ2n) is 6.55. The van der Waals surface area contributed by atoms with Gasteiger partial charge in [0.25, 0.3) is 11.8 Å². The zero-order valence-corrected chi connectivity index (χ0v) is 15.8. The highest BCUT2D eigenvalue weighted by Crippen LogP contribution is 2.32. The molecule has 3 aliphatic rings. The molecular weight excluding hydrogens is 354 g/mol. The molecule has 0 aromatic rings. The fraction of sp³-hybridized carbons (Fsp3) is 0.588. The summed E-state index contributed by atoms with van der Waals surface area (Å²) in [6.45, 7) is 9.78. The molecule has 3 heterocycles. The molecule has 0 radical (unpaired) electrons. The highest BCUT2D eigenvalue weighted by atomic mass is 32.2. The van der Waals surface area contributed by atoms with Crippen molar-refractivity contribution in [3.8, 4) is 0 Å². The molecule has 2 saturated heterocycles. The van der Waals surface area contributed by atoms with Crippen LogP contribution in [0.3, 0.4) is 0 Å². The molecule has 3 rings (SSSR count). The summed E-state index contributed by atoms with van der Waals surface area (Å²) in [6, 6.07) is -1.10. The van der Waals surface area contributed by atoms with Crippen molar-refractivity contribution in [2.45, 2.75) is 25.8 Å². The van der Waals surface area contributed by atoms with Crippen molar-refractivity contribution in [1.29, 1.82) is 0 Å². The van der Waals surface area contributed by atoms with Gasteiger partial charge in [-0.25, -0.2) is 9.52 Å². The maximum Gasteiger partial charge on any atom is 0.328 e. The van der Waals surface area contributed by atoms with Crippen LogP contribution < -0.4 is 10.0 Å². The van der Waals surface area contributed by atoms with Gasteiger partial charge in [-0.15, -0.1) is 6.58 Å². The summed E-state index contributed by atoms with van der Waals surface area (Å²) in [5.74, 6) is -0.420. The van der Waals surface area contributed by atoms with Gasteiger partial charge in [0.2, 0.25) is 0 Å². The molecule has 2 N–H and O–H groups in total. The van der Waals surface area contributed by atoms with Crippen molar-refractivity contribution >= 4 is 29.8 Å². The monoisotopic (exact) mass is 379 g/mol. The average Bonchev–Trinajstić information content (AvgIpc) is 3.06. The van der Waals surface area contributed by atoms with Gasteiger partial charge in [0.1, 0.15) is 10.9 Å². The molecule has 2 fully saturated rings. The van der Waals surface area contributed by atoms with E-state index in [1.165, 1.54) is 4.90 Å². The van der Waals surface area contributed by atoms with Crippen LogP contribution in [0.2, 0.25) is 0 Å². The van der Waals surface area contributed by atoms with E-state index in [-0.39, 0.29) is 11.8 Å². The number of urea groups is 1. The number of nitrogens with one attached hydrogen (secondary N) is 2. The summed E-state index contributed by atoms with van der Waals surface area (Å²) in [7, 11) is 0. The summed E-state index contributed by atoms with van der Waals surface area (Å²) in [4.78, 5) is 43.4. The second kappa shape index (κ2) is 8.24. The van der Waals surface area contributed by atoms with Gasteiger partial charge < -0.3 is 10.2 Å². The fourth-order valence-corrected chi connectivity index (χ4v) is 4.20. The van der Waals surface area contributed by atoms with Gasteiger partial charge in [-0.05, 0) is 18.4 Å². The van der Waals surface area contributed by atoms with Crippen molar-refractivity contribution in [3.05, 3.63) is 23.3 Å². The van der Waals surface area contributed by atoms with Crippen LogP contribution in [0.1, 0.15) is 19.8 Å². The molecule has 3 aliphatic heterocycles. The number of imide groups is 1. The van der Waals surface area contributed by atoms with Crippen molar-refractivity contribution in [2.75, 3.05) is 39.3 Å². The summed E-state index contributed by atoms with van der Waals surface area (Å²) in [5, 5.41) is 2.76. The molecule has 4 amide bonds. The number of amides is 4. The minimum Gasteiger partial charge on any atom is -0.336 e. The van der Waals surface area contributed by atoms with Crippen molar-refractivity contribution in [1.82, 2.24) is 24.7 Å².